The molecule has 3 rings (SSSR count). The fourth-order valence-electron chi connectivity index (χ4n) is 5.34. The van der Waals surface area contributed by atoms with Crippen LogP contribution < -0.4 is 10.6 Å². The second kappa shape index (κ2) is 19.5. The SMILES string of the molecule is CCCN(CCC)C(=O)c1cc(C)cc(C(=O)N[C@@H](Cc2cc(F)cc(F)c2)[C@@H](O)CCNC(=O)CCCOCc2ccccc2)c1. The molecule has 0 radical (unpaired) electrons. The Morgan fingerprint density at radius 2 is 1.55 bits per heavy atom. The van der Waals surface area contributed by atoms with Crippen molar-refractivity contribution in [2.45, 2.75) is 78.0 Å². The van der Waals surface area contributed by atoms with Gasteiger partial charge in [-0.25, -0.2) is 8.78 Å². The number of nitrogens with one attached hydrogen (secondary N) is 2. The van der Waals surface area contributed by atoms with E-state index < -0.39 is 29.7 Å². The van der Waals surface area contributed by atoms with Crippen LogP contribution in [0.3, 0.4) is 0 Å². The number of aliphatic hydroxyl groups is 1. The Bertz CT molecular complexity index is 1430. The molecule has 254 valence electrons. The van der Waals surface area contributed by atoms with Crippen molar-refractivity contribution in [1.29, 1.82) is 0 Å². The lowest BCUT2D eigenvalue weighted by Crippen LogP contribution is -2.46. The van der Waals surface area contributed by atoms with Crippen LogP contribution in [0.2, 0.25) is 0 Å². The number of hydrogen-bond acceptors (Lipinski definition) is 5. The van der Waals surface area contributed by atoms with Gasteiger partial charge in [-0.1, -0.05) is 44.2 Å². The van der Waals surface area contributed by atoms with Crippen LogP contribution in [-0.2, 0) is 22.6 Å². The number of benzene rings is 3. The molecule has 0 aliphatic rings. The van der Waals surface area contributed by atoms with Crippen molar-refractivity contribution in [1.82, 2.24) is 15.5 Å². The largest absolute Gasteiger partial charge is 0.391 e. The second-order valence-electron chi connectivity index (χ2n) is 11.8. The summed E-state index contributed by atoms with van der Waals surface area (Å²) in [6, 6.07) is 16.7. The summed E-state index contributed by atoms with van der Waals surface area (Å²) in [7, 11) is 0. The summed E-state index contributed by atoms with van der Waals surface area (Å²) >= 11 is 0. The minimum absolute atomic E-state index is 0.0628. The summed E-state index contributed by atoms with van der Waals surface area (Å²) in [5, 5.41) is 16.7. The first kappa shape index (κ1) is 37.3. The third kappa shape index (κ3) is 12.9. The highest BCUT2D eigenvalue weighted by atomic mass is 19.1. The van der Waals surface area contributed by atoms with Crippen LogP contribution in [0.25, 0.3) is 0 Å². The molecule has 0 aliphatic carbocycles. The summed E-state index contributed by atoms with van der Waals surface area (Å²) in [4.78, 5) is 40.9. The Morgan fingerprint density at radius 1 is 0.894 bits per heavy atom. The Balaban J connectivity index is 1.63. The first-order chi connectivity index (χ1) is 22.6. The third-order valence-electron chi connectivity index (χ3n) is 7.59. The molecular weight excluding hydrogens is 604 g/mol. The topological polar surface area (TPSA) is 108 Å². The molecule has 3 amide bonds. The maximum absolute atomic E-state index is 14.0. The number of halogens is 2. The molecule has 0 heterocycles. The van der Waals surface area contributed by atoms with Gasteiger partial charge in [0.15, 0.2) is 0 Å². The number of ether oxygens (including phenoxy) is 1. The van der Waals surface area contributed by atoms with Crippen LogP contribution in [0.5, 0.6) is 0 Å². The van der Waals surface area contributed by atoms with E-state index in [1.165, 1.54) is 6.07 Å². The van der Waals surface area contributed by atoms with Crippen LogP contribution in [0.1, 0.15) is 83.4 Å². The minimum Gasteiger partial charge on any atom is -0.391 e. The molecule has 0 saturated heterocycles. The van der Waals surface area contributed by atoms with Crippen LogP contribution in [0, 0.1) is 18.6 Å². The van der Waals surface area contributed by atoms with E-state index in [9.17, 15) is 28.3 Å². The summed E-state index contributed by atoms with van der Waals surface area (Å²) in [6.45, 7) is 7.99. The lowest BCUT2D eigenvalue weighted by molar-refractivity contribution is -0.121. The standard InChI is InChI=1S/C37H47F2N3O5/c1-4-15-42(16-5-2)37(46)30-19-26(3)18-29(23-30)36(45)41-33(22-28-20-31(38)24-32(39)21-28)34(43)13-14-40-35(44)12-9-17-47-25-27-10-7-6-8-11-27/h6-8,10-11,18-21,23-24,33-34,43H,4-5,9,12-17,22,25H2,1-3H3,(H,40,44)(H,41,45)/t33-,34-/m0/s1. The van der Waals surface area contributed by atoms with E-state index in [2.05, 4.69) is 10.6 Å². The zero-order chi connectivity index (χ0) is 34.2. The molecule has 0 fully saturated rings. The summed E-state index contributed by atoms with van der Waals surface area (Å²) in [5.41, 5.74) is 2.63. The van der Waals surface area contributed by atoms with Gasteiger partial charge >= 0.3 is 0 Å². The predicted octanol–water partition coefficient (Wildman–Crippen LogP) is 5.74. The number of carbonyl (C=O) groups excluding carboxylic acids is 3. The second-order valence-corrected chi connectivity index (χ2v) is 11.8. The molecule has 10 heteroatoms. The predicted molar refractivity (Wildman–Crippen MR) is 178 cm³/mol. The van der Waals surface area contributed by atoms with Crippen LogP contribution in [0.4, 0.5) is 8.78 Å². The molecule has 47 heavy (non-hydrogen) atoms. The Kier molecular flexibility index (Phi) is 15.5. The molecule has 3 aromatic carbocycles. The van der Waals surface area contributed by atoms with Gasteiger partial charge in [-0.3, -0.25) is 14.4 Å². The van der Waals surface area contributed by atoms with Crippen LogP contribution >= 0.6 is 0 Å². The van der Waals surface area contributed by atoms with Gasteiger partial charge in [0.25, 0.3) is 11.8 Å². The number of aryl methyl sites for hydroxylation is 1. The fraction of sp³-hybridized carbons (Fsp3) is 0.432. The molecule has 0 spiro atoms. The number of amides is 3. The van der Waals surface area contributed by atoms with E-state index in [-0.39, 0.29) is 48.7 Å². The number of carbonyl (C=O) groups is 3. The minimum atomic E-state index is -1.16. The fourth-order valence-corrected chi connectivity index (χ4v) is 5.34. The molecule has 8 nitrogen and oxygen atoms in total. The van der Waals surface area contributed by atoms with Crippen LogP contribution in [-0.4, -0.2) is 66.1 Å². The molecule has 0 saturated carbocycles. The highest BCUT2D eigenvalue weighted by Crippen LogP contribution is 2.17. The van der Waals surface area contributed by atoms with Crippen molar-refractivity contribution in [2.24, 2.45) is 0 Å². The Hall–Kier alpha value is -4.15. The van der Waals surface area contributed by atoms with E-state index >= 15 is 0 Å². The molecular formula is C37H47F2N3O5. The lowest BCUT2D eigenvalue weighted by Gasteiger charge is -2.25. The zero-order valence-corrected chi connectivity index (χ0v) is 27.6. The number of rotatable bonds is 19. The number of aliphatic hydroxyl groups excluding tert-OH is 1. The quantitative estimate of drug-likeness (QED) is 0.143. The molecule has 3 aromatic rings. The average Bonchev–Trinajstić information content (AvgIpc) is 3.03. The summed E-state index contributed by atoms with van der Waals surface area (Å²) in [5.74, 6) is -2.46. The van der Waals surface area contributed by atoms with Gasteiger partial charge in [0.2, 0.25) is 5.91 Å². The van der Waals surface area contributed by atoms with Gasteiger partial charge in [0.1, 0.15) is 11.6 Å². The molecule has 2 atom stereocenters. The van der Waals surface area contributed by atoms with Gasteiger partial charge in [0, 0.05) is 49.9 Å². The van der Waals surface area contributed by atoms with Crippen molar-refractivity contribution < 1.29 is 33.0 Å². The van der Waals surface area contributed by atoms with E-state index in [1.54, 1.807) is 24.0 Å². The van der Waals surface area contributed by atoms with E-state index in [1.807, 2.05) is 44.2 Å². The third-order valence-corrected chi connectivity index (χ3v) is 7.59. The molecule has 0 aromatic heterocycles. The van der Waals surface area contributed by atoms with Crippen LogP contribution in [0.15, 0.2) is 66.7 Å². The van der Waals surface area contributed by atoms with Crippen molar-refractivity contribution >= 4 is 17.7 Å². The first-order valence-electron chi connectivity index (χ1n) is 16.3. The Labute approximate surface area is 276 Å². The molecule has 3 N–H and O–H groups in total. The van der Waals surface area contributed by atoms with E-state index in [4.69, 9.17) is 4.74 Å². The summed E-state index contributed by atoms with van der Waals surface area (Å²) < 4.78 is 33.6. The van der Waals surface area contributed by atoms with E-state index in [0.29, 0.717) is 43.9 Å². The van der Waals surface area contributed by atoms with Gasteiger partial charge in [0.05, 0.1) is 18.8 Å². The summed E-state index contributed by atoms with van der Waals surface area (Å²) in [6.07, 6.45) is 1.24. The molecule has 0 aliphatic heterocycles. The number of hydrogen-bond donors (Lipinski definition) is 3. The first-order valence-corrected chi connectivity index (χ1v) is 16.3. The van der Waals surface area contributed by atoms with Crippen molar-refractivity contribution in [2.75, 3.05) is 26.2 Å². The van der Waals surface area contributed by atoms with Crippen molar-refractivity contribution in [3.8, 4) is 0 Å². The highest BCUT2D eigenvalue weighted by Gasteiger charge is 2.24. The zero-order valence-electron chi connectivity index (χ0n) is 27.6. The van der Waals surface area contributed by atoms with Crippen molar-refractivity contribution in [3.05, 3.63) is 106 Å². The van der Waals surface area contributed by atoms with Gasteiger partial charge in [-0.15, -0.1) is 0 Å². The molecule has 0 unspecified atom stereocenters. The smallest absolute Gasteiger partial charge is 0.253 e. The van der Waals surface area contributed by atoms with Crippen molar-refractivity contribution in [3.63, 3.8) is 0 Å². The van der Waals surface area contributed by atoms with Gasteiger partial charge < -0.3 is 25.4 Å². The molecule has 0 bridgehead atoms. The maximum Gasteiger partial charge on any atom is 0.253 e. The highest BCUT2D eigenvalue weighted by molar-refractivity contribution is 6.00. The van der Waals surface area contributed by atoms with E-state index in [0.717, 1.165) is 36.6 Å². The normalized spacial score (nSPS) is 12.3. The monoisotopic (exact) mass is 651 g/mol. The maximum atomic E-state index is 14.0. The lowest BCUT2D eigenvalue weighted by atomic mass is 9.97. The Morgan fingerprint density at radius 3 is 2.21 bits per heavy atom. The average molecular weight is 652 g/mol. The van der Waals surface area contributed by atoms with Gasteiger partial charge in [-0.05, 0) is 86.1 Å². The van der Waals surface area contributed by atoms with Gasteiger partial charge in [-0.2, -0.15) is 0 Å². The number of nitrogens with zero attached hydrogens (tertiary/aromatic N) is 1.